The van der Waals surface area contributed by atoms with Crippen LogP contribution in [-0.4, -0.2) is 26.3 Å². The zero-order chi connectivity index (χ0) is 17.4. The number of aryl methyl sites for hydroxylation is 3. The molecule has 0 bridgehead atoms. The predicted octanol–water partition coefficient (Wildman–Crippen LogP) is 4.13. The minimum absolute atomic E-state index is 0.338. The van der Waals surface area contributed by atoms with Gasteiger partial charge in [0.1, 0.15) is 16.9 Å². The van der Waals surface area contributed by atoms with Gasteiger partial charge in [0.25, 0.3) is 0 Å². The molecule has 0 radical (unpaired) electrons. The van der Waals surface area contributed by atoms with Crippen molar-refractivity contribution < 1.29 is 9.53 Å². The van der Waals surface area contributed by atoms with Crippen molar-refractivity contribution in [2.45, 2.75) is 60.0 Å². The molecule has 1 N–H and O–H groups in total. The summed E-state index contributed by atoms with van der Waals surface area (Å²) in [5, 5.41) is 0.338. The van der Waals surface area contributed by atoms with E-state index in [9.17, 15) is 4.79 Å². The minimum atomic E-state index is -0.574. The molecular weight excluding hydrogens is 316 g/mol. The lowest BCUT2D eigenvalue weighted by Gasteiger charge is -2.21. The summed E-state index contributed by atoms with van der Waals surface area (Å²) in [5.74, 6) is 0.728. The Hall–Kier alpha value is -1.82. The number of hydrogen-bond donors (Lipinski definition) is 1. The van der Waals surface area contributed by atoms with Crippen LogP contribution in [0.4, 0.5) is 4.79 Å². The van der Waals surface area contributed by atoms with Crippen molar-refractivity contribution in [2.75, 3.05) is 5.43 Å². The second-order valence-electron chi connectivity index (χ2n) is 6.54. The molecule has 6 nitrogen and oxygen atoms in total. The van der Waals surface area contributed by atoms with E-state index in [0.717, 1.165) is 29.0 Å². The number of carbonyl (C=O) groups excluding carboxylic acids is 1. The lowest BCUT2D eigenvalue weighted by molar-refractivity contribution is 0.0613. The fraction of sp³-hybridized carbons (Fsp3) is 0.562. The largest absolute Gasteiger partial charge is 0.443 e. The van der Waals surface area contributed by atoms with Crippen LogP contribution in [0.15, 0.2) is 0 Å². The molecule has 0 atom stereocenters. The molecule has 2 rings (SSSR count). The molecular formula is C16H23ClN4O2. The molecule has 0 aliphatic heterocycles. The fourth-order valence-electron chi connectivity index (χ4n) is 2.32. The maximum absolute atomic E-state index is 12.2. The van der Waals surface area contributed by atoms with Crippen LogP contribution in [0.5, 0.6) is 0 Å². The van der Waals surface area contributed by atoms with Gasteiger partial charge in [-0.15, -0.1) is 0 Å². The van der Waals surface area contributed by atoms with E-state index in [2.05, 4.69) is 22.3 Å². The zero-order valence-corrected chi connectivity index (χ0v) is 15.2. The Kier molecular flexibility index (Phi) is 4.84. The van der Waals surface area contributed by atoms with Crippen molar-refractivity contribution in [1.82, 2.24) is 14.6 Å². The number of ether oxygens (including phenoxy) is 1. The highest BCUT2D eigenvalue weighted by molar-refractivity contribution is 6.33. The van der Waals surface area contributed by atoms with Gasteiger partial charge in [0.2, 0.25) is 0 Å². The first-order valence-electron chi connectivity index (χ1n) is 7.68. The van der Waals surface area contributed by atoms with Gasteiger partial charge >= 0.3 is 6.09 Å². The van der Waals surface area contributed by atoms with Crippen LogP contribution in [0.3, 0.4) is 0 Å². The number of aromatic nitrogens is 3. The molecule has 0 aromatic carbocycles. The van der Waals surface area contributed by atoms with E-state index in [1.165, 1.54) is 0 Å². The fourth-order valence-corrected chi connectivity index (χ4v) is 2.57. The number of imidazole rings is 1. The highest BCUT2D eigenvalue weighted by atomic mass is 35.5. The monoisotopic (exact) mass is 338 g/mol. The zero-order valence-electron chi connectivity index (χ0n) is 14.5. The third-order valence-corrected chi connectivity index (χ3v) is 3.65. The van der Waals surface area contributed by atoms with Crippen LogP contribution in [0.1, 0.15) is 51.2 Å². The summed E-state index contributed by atoms with van der Waals surface area (Å²) in [6.07, 6.45) is 1.07. The molecule has 2 heterocycles. The molecule has 0 unspecified atom stereocenters. The highest BCUT2D eigenvalue weighted by Gasteiger charge is 2.21. The Balaban J connectivity index is 2.55. The van der Waals surface area contributed by atoms with Crippen LogP contribution in [0, 0.1) is 13.8 Å². The van der Waals surface area contributed by atoms with Crippen molar-refractivity contribution in [3.8, 4) is 0 Å². The maximum Gasteiger partial charge on any atom is 0.427 e. The summed E-state index contributed by atoms with van der Waals surface area (Å²) < 4.78 is 7.02. The third-order valence-electron chi connectivity index (χ3n) is 3.38. The van der Waals surface area contributed by atoms with E-state index in [4.69, 9.17) is 16.3 Å². The van der Waals surface area contributed by atoms with Crippen molar-refractivity contribution in [1.29, 1.82) is 0 Å². The van der Waals surface area contributed by atoms with Gasteiger partial charge in [0.05, 0.1) is 5.52 Å². The molecule has 0 fully saturated rings. The SMILES string of the molecule is CCCc1nc2c(Cl)nc(C)c(C)c2n1NC(=O)OC(C)(C)C. The van der Waals surface area contributed by atoms with Gasteiger partial charge < -0.3 is 4.74 Å². The van der Waals surface area contributed by atoms with Gasteiger partial charge in [-0.05, 0) is 46.6 Å². The van der Waals surface area contributed by atoms with Gasteiger partial charge in [0.15, 0.2) is 5.15 Å². The first kappa shape index (κ1) is 17.5. The third kappa shape index (κ3) is 3.75. The first-order chi connectivity index (χ1) is 10.6. The number of pyridine rings is 1. The number of halogens is 1. The van der Waals surface area contributed by atoms with Crippen molar-refractivity contribution in [3.63, 3.8) is 0 Å². The molecule has 0 aliphatic carbocycles. The number of amides is 1. The predicted molar refractivity (Wildman–Crippen MR) is 91.6 cm³/mol. The number of rotatable bonds is 3. The van der Waals surface area contributed by atoms with E-state index < -0.39 is 11.7 Å². The number of nitrogens with zero attached hydrogens (tertiary/aromatic N) is 3. The second kappa shape index (κ2) is 6.35. The van der Waals surface area contributed by atoms with Crippen molar-refractivity contribution >= 4 is 28.7 Å². The Morgan fingerprint density at radius 2 is 1.96 bits per heavy atom. The van der Waals surface area contributed by atoms with Gasteiger partial charge in [-0.3, -0.25) is 0 Å². The summed E-state index contributed by atoms with van der Waals surface area (Å²) in [5.41, 5.74) is 5.29. The highest BCUT2D eigenvalue weighted by Crippen LogP contribution is 2.27. The Bertz CT molecular complexity index is 747. The maximum atomic E-state index is 12.2. The molecule has 126 valence electrons. The molecule has 7 heteroatoms. The van der Waals surface area contributed by atoms with E-state index in [1.807, 2.05) is 34.6 Å². The standard InChI is InChI=1S/C16H23ClN4O2/c1-7-8-11-19-12-13(9(2)10(3)18-14(12)17)21(11)20-15(22)23-16(4,5)6/h7-8H2,1-6H3,(H,20,22). The van der Waals surface area contributed by atoms with Crippen LogP contribution in [-0.2, 0) is 11.2 Å². The number of carbonyl (C=O) groups is 1. The molecule has 1 amide bonds. The number of nitrogens with one attached hydrogen (secondary N) is 1. The van der Waals surface area contributed by atoms with Crippen LogP contribution < -0.4 is 5.43 Å². The Morgan fingerprint density at radius 3 is 2.52 bits per heavy atom. The molecule has 2 aromatic heterocycles. The summed E-state index contributed by atoms with van der Waals surface area (Å²) >= 11 is 6.23. The van der Waals surface area contributed by atoms with Crippen LogP contribution in [0.2, 0.25) is 5.15 Å². The minimum Gasteiger partial charge on any atom is -0.443 e. The first-order valence-corrected chi connectivity index (χ1v) is 8.06. The van der Waals surface area contributed by atoms with E-state index in [1.54, 1.807) is 4.68 Å². The molecule has 2 aromatic rings. The Morgan fingerprint density at radius 1 is 1.30 bits per heavy atom. The van der Waals surface area contributed by atoms with Gasteiger partial charge in [-0.2, -0.15) is 0 Å². The van der Waals surface area contributed by atoms with Crippen LogP contribution in [0.25, 0.3) is 11.0 Å². The van der Waals surface area contributed by atoms with Gasteiger partial charge in [0, 0.05) is 12.1 Å². The molecule has 0 aliphatic rings. The average Bonchev–Trinajstić information content (AvgIpc) is 2.74. The molecule has 0 spiro atoms. The van der Waals surface area contributed by atoms with Crippen molar-refractivity contribution in [2.24, 2.45) is 0 Å². The summed E-state index contributed by atoms with van der Waals surface area (Å²) in [6.45, 7) is 11.3. The van der Waals surface area contributed by atoms with Crippen molar-refractivity contribution in [3.05, 3.63) is 22.2 Å². The Labute approximate surface area is 141 Å². The molecule has 0 saturated carbocycles. The van der Waals surface area contributed by atoms with E-state index in [0.29, 0.717) is 17.1 Å². The summed E-state index contributed by atoms with van der Waals surface area (Å²) in [7, 11) is 0. The second-order valence-corrected chi connectivity index (χ2v) is 6.90. The normalized spacial score (nSPS) is 11.8. The van der Waals surface area contributed by atoms with E-state index >= 15 is 0 Å². The van der Waals surface area contributed by atoms with E-state index in [-0.39, 0.29) is 0 Å². The smallest absolute Gasteiger partial charge is 0.427 e. The summed E-state index contributed by atoms with van der Waals surface area (Å²) in [4.78, 5) is 21.0. The van der Waals surface area contributed by atoms with Gasteiger partial charge in [-0.25, -0.2) is 24.9 Å². The van der Waals surface area contributed by atoms with Crippen LogP contribution >= 0.6 is 11.6 Å². The number of hydrogen-bond acceptors (Lipinski definition) is 4. The topological polar surface area (TPSA) is 69.0 Å². The van der Waals surface area contributed by atoms with Gasteiger partial charge in [-0.1, -0.05) is 18.5 Å². The lowest BCUT2D eigenvalue weighted by Crippen LogP contribution is -2.32. The summed E-state index contributed by atoms with van der Waals surface area (Å²) in [6, 6.07) is 0. The average molecular weight is 339 g/mol. The molecule has 0 saturated heterocycles. The quantitative estimate of drug-likeness (QED) is 0.854. The lowest BCUT2D eigenvalue weighted by atomic mass is 10.2. The molecule has 23 heavy (non-hydrogen) atoms. The number of fused-ring (bicyclic) bond motifs is 1.